The average Bonchev–Trinajstić information content (AvgIpc) is 3.47. The van der Waals surface area contributed by atoms with E-state index in [-0.39, 0.29) is 12.0 Å². The number of methoxy groups -OCH3 is 1. The highest BCUT2D eigenvalue weighted by atomic mass is 16.5. The molecule has 1 atom stereocenters. The van der Waals surface area contributed by atoms with Gasteiger partial charge in [-0.05, 0) is 44.7 Å². The van der Waals surface area contributed by atoms with E-state index in [4.69, 9.17) is 9.47 Å². The van der Waals surface area contributed by atoms with Crippen molar-refractivity contribution in [3.63, 3.8) is 0 Å². The van der Waals surface area contributed by atoms with Gasteiger partial charge in [0.05, 0.1) is 20.3 Å². The lowest BCUT2D eigenvalue weighted by atomic mass is 9.94. The van der Waals surface area contributed by atoms with Crippen LogP contribution in [0.4, 0.5) is 0 Å². The van der Waals surface area contributed by atoms with E-state index in [1.807, 2.05) is 6.07 Å². The van der Waals surface area contributed by atoms with Crippen LogP contribution in [0.2, 0.25) is 0 Å². The monoisotopic (exact) mass is 368 g/mol. The third-order valence-corrected chi connectivity index (χ3v) is 4.94. The van der Waals surface area contributed by atoms with Gasteiger partial charge in [-0.2, -0.15) is 5.26 Å². The number of ether oxygens (including phenoxy) is 2. The minimum atomic E-state index is -1.77. The zero-order valence-corrected chi connectivity index (χ0v) is 15.9. The van der Waals surface area contributed by atoms with Crippen molar-refractivity contribution in [2.45, 2.75) is 38.8 Å². The molecule has 1 aromatic heterocycles. The van der Waals surface area contributed by atoms with E-state index in [1.165, 1.54) is 12.1 Å². The summed E-state index contributed by atoms with van der Waals surface area (Å²) in [5, 5.41) is 20.8. The van der Waals surface area contributed by atoms with Crippen LogP contribution in [0.1, 0.15) is 29.8 Å². The Balaban J connectivity index is 1.95. The number of rotatable bonds is 7. The molecule has 1 aliphatic rings. The number of hydrogen-bond donors (Lipinski definition) is 1. The fraction of sp³-hybridized carbons (Fsp3) is 0.429. The highest BCUT2D eigenvalue weighted by molar-refractivity contribution is 5.46. The van der Waals surface area contributed by atoms with E-state index in [1.54, 1.807) is 43.7 Å². The molecule has 142 valence electrons. The first-order valence-corrected chi connectivity index (χ1v) is 8.99. The van der Waals surface area contributed by atoms with Gasteiger partial charge in [0.2, 0.25) is 0 Å². The fourth-order valence-electron chi connectivity index (χ4n) is 3.10. The van der Waals surface area contributed by atoms with Gasteiger partial charge >= 0.3 is 0 Å². The Kier molecular flexibility index (Phi) is 5.24. The Morgan fingerprint density at radius 2 is 1.89 bits per heavy atom. The summed E-state index contributed by atoms with van der Waals surface area (Å²) in [5.41, 5.74) is -0.0648. The number of aryl methyl sites for hydroxylation is 2. The van der Waals surface area contributed by atoms with Crippen LogP contribution in [0.5, 0.6) is 11.5 Å². The highest BCUT2D eigenvalue weighted by Gasteiger charge is 2.32. The summed E-state index contributed by atoms with van der Waals surface area (Å²) >= 11 is 0. The van der Waals surface area contributed by atoms with Gasteiger partial charge in [-0.1, -0.05) is 6.07 Å². The molecule has 1 fully saturated rings. The minimum Gasteiger partial charge on any atom is -0.493 e. The van der Waals surface area contributed by atoms with Crippen LogP contribution in [-0.2, 0) is 12.1 Å². The number of hydrogen-bond acceptors (Lipinski definition) is 5. The average molecular weight is 368 g/mol. The normalized spacial score (nSPS) is 15.7. The van der Waals surface area contributed by atoms with Crippen molar-refractivity contribution in [2.75, 3.05) is 13.7 Å². The van der Waals surface area contributed by atoms with Gasteiger partial charge in [0.1, 0.15) is 6.07 Å². The third kappa shape index (κ3) is 4.15. The number of aliphatic hydroxyl groups is 1. The van der Waals surface area contributed by atoms with Crippen molar-refractivity contribution in [3.8, 4) is 17.6 Å². The van der Waals surface area contributed by atoms with Gasteiger partial charge in [0.15, 0.2) is 22.5 Å². The Morgan fingerprint density at radius 1 is 1.22 bits per heavy atom. The van der Waals surface area contributed by atoms with Crippen LogP contribution in [0.15, 0.2) is 35.1 Å². The number of nitrogens with zero attached hydrogens (tertiary/aromatic N) is 2. The predicted molar refractivity (Wildman–Crippen MR) is 101 cm³/mol. The molecule has 0 radical (unpaired) electrons. The summed E-state index contributed by atoms with van der Waals surface area (Å²) < 4.78 is 13.0. The quantitative estimate of drug-likeness (QED) is 0.760. The number of benzene rings is 1. The van der Waals surface area contributed by atoms with E-state index in [0.29, 0.717) is 41.0 Å². The molecule has 1 heterocycles. The lowest BCUT2D eigenvalue weighted by Crippen LogP contribution is -2.32. The summed E-state index contributed by atoms with van der Waals surface area (Å²) in [6.07, 6.45) is 2.32. The molecule has 3 rings (SSSR count). The molecular formula is C21H24N2O4. The lowest BCUT2D eigenvalue weighted by molar-refractivity contribution is 0.0758. The molecule has 0 saturated heterocycles. The number of aromatic nitrogens is 1. The Hall–Kier alpha value is -2.78. The fourth-order valence-corrected chi connectivity index (χ4v) is 3.10. The van der Waals surface area contributed by atoms with Crippen molar-refractivity contribution in [2.24, 2.45) is 5.92 Å². The molecule has 6 nitrogen and oxygen atoms in total. The molecule has 0 amide bonds. The molecule has 1 N–H and O–H groups in total. The van der Waals surface area contributed by atoms with Gasteiger partial charge in [-0.15, -0.1) is 0 Å². The van der Waals surface area contributed by atoms with E-state index < -0.39 is 5.60 Å². The summed E-state index contributed by atoms with van der Waals surface area (Å²) in [5.74, 6) is 1.65. The van der Waals surface area contributed by atoms with Gasteiger partial charge in [-0.25, -0.2) is 0 Å². The first-order chi connectivity index (χ1) is 12.9. The van der Waals surface area contributed by atoms with Crippen LogP contribution < -0.4 is 14.9 Å². The second-order valence-electron chi connectivity index (χ2n) is 7.15. The molecule has 1 aromatic carbocycles. The standard InChI is InChI=1S/C21H24N2O4/c1-14-8-18(24)9-15(2)23(14)13-21(25,12-22)17-6-7-19(26-3)20(10-17)27-11-16-4-5-16/h6-10,16,25H,4-5,11,13H2,1-3H3. The number of pyridine rings is 1. The SMILES string of the molecule is COc1ccc(C(O)(C#N)Cn2c(C)cc(=O)cc2C)cc1OCC1CC1. The van der Waals surface area contributed by atoms with Gasteiger partial charge in [-0.3, -0.25) is 4.79 Å². The Morgan fingerprint density at radius 3 is 2.44 bits per heavy atom. The molecule has 0 aliphatic heterocycles. The molecule has 1 saturated carbocycles. The first kappa shape index (κ1) is 19.0. The summed E-state index contributed by atoms with van der Waals surface area (Å²) in [6, 6.07) is 10.0. The zero-order valence-electron chi connectivity index (χ0n) is 15.9. The van der Waals surface area contributed by atoms with Crippen molar-refractivity contribution < 1.29 is 14.6 Å². The Bertz CT molecular complexity index is 914. The maximum absolute atomic E-state index is 11.6. The zero-order chi connectivity index (χ0) is 19.6. The number of nitriles is 1. The van der Waals surface area contributed by atoms with E-state index in [0.717, 1.165) is 12.8 Å². The van der Waals surface area contributed by atoms with Crippen LogP contribution in [0.25, 0.3) is 0 Å². The molecule has 2 aromatic rings. The minimum absolute atomic E-state index is 0.00976. The highest BCUT2D eigenvalue weighted by Crippen LogP contribution is 2.36. The third-order valence-electron chi connectivity index (χ3n) is 4.94. The topological polar surface area (TPSA) is 84.5 Å². The van der Waals surface area contributed by atoms with Gasteiger partial charge in [0, 0.05) is 29.1 Å². The van der Waals surface area contributed by atoms with Crippen molar-refractivity contribution in [3.05, 3.63) is 57.5 Å². The maximum Gasteiger partial charge on any atom is 0.194 e. The molecule has 0 bridgehead atoms. The van der Waals surface area contributed by atoms with Gasteiger partial charge < -0.3 is 19.1 Å². The van der Waals surface area contributed by atoms with Crippen LogP contribution in [0, 0.1) is 31.1 Å². The van der Waals surface area contributed by atoms with E-state index in [9.17, 15) is 15.2 Å². The smallest absolute Gasteiger partial charge is 0.194 e. The van der Waals surface area contributed by atoms with E-state index in [2.05, 4.69) is 0 Å². The predicted octanol–water partition coefficient (Wildman–Crippen LogP) is 2.67. The molecule has 1 unspecified atom stereocenters. The molecular weight excluding hydrogens is 344 g/mol. The van der Waals surface area contributed by atoms with Crippen LogP contribution in [0.3, 0.4) is 0 Å². The van der Waals surface area contributed by atoms with Crippen LogP contribution >= 0.6 is 0 Å². The van der Waals surface area contributed by atoms with Crippen LogP contribution in [-0.4, -0.2) is 23.4 Å². The second kappa shape index (κ2) is 7.45. The van der Waals surface area contributed by atoms with Crippen molar-refractivity contribution >= 4 is 0 Å². The maximum atomic E-state index is 11.6. The Labute approximate surface area is 158 Å². The first-order valence-electron chi connectivity index (χ1n) is 8.99. The summed E-state index contributed by atoms with van der Waals surface area (Å²) in [4.78, 5) is 11.6. The molecule has 1 aliphatic carbocycles. The van der Waals surface area contributed by atoms with Gasteiger partial charge in [0.25, 0.3) is 0 Å². The largest absolute Gasteiger partial charge is 0.493 e. The van der Waals surface area contributed by atoms with Crippen molar-refractivity contribution in [1.82, 2.24) is 4.57 Å². The summed E-state index contributed by atoms with van der Waals surface area (Å²) in [7, 11) is 1.56. The van der Waals surface area contributed by atoms with Crippen molar-refractivity contribution in [1.29, 1.82) is 5.26 Å². The lowest BCUT2D eigenvalue weighted by Gasteiger charge is -2.26. The molecule has 27 heavy (non-hydrogen) atoms. The second-order valence-corrected chi connectivity index (χ2v) is 7.15. The molecule has 6 heteroatoms. The van der Waals surface area contributed by atoms with E-state index >= 15 is 0 Å². The molecule has 0 spiro atoms. The summed E-state index contributed by atoms with van der Waals surface area (Å²) in [6.45, 7) is 4.17.